The van der Waals surface area contributed by atoms with Crippen LogP contribution in [0.15, 0.2) is 66.7 Å². The van der Waals surface area contributed by atoms with E-state index in [4.69, 9.17) is 0 Å². The van der Waals surface area contributed by atoms with Crippen LogP contribution in [0.4, 0.5) is 10.5 Å². The van der Waals surface area contributed by atoms with Crippen molar-refractivity contribution in [2.24, 2.45) is 0 Å². The van der Waals surface area contributed by atoms with Crippen molar-refractivity contribution >= 4 is 34.3 Å². The highest BCUT2D eigenvalue weighted by atomic mass is 16.2. The van der Waals surface area contributed by atoms with Crippen molar-refractivity contribution in [3.63, 3.8) is 0 Å². The Morgan fingerprint density at radius 2 is 1.59 bits per heavy atom. The Morgan fingerprint density at radius 3 is 2.35 bits per heavy atom. The van der Waals surface area contributed by atoms with Crippen molar-refractivity contribution in [1.82, 2.24) is 20.0 Å². The standard InChI is InChI=1S/C29H33N5O3/c1-3-21-8-6-7-11-25(21)30-26(35)19-32-14-16-33(17-15-32)20-34-27(36)29(2,31-28(34)37)24-13-12-22-9-4-5-10-23(22)18-24/h4-13,18H,3,14-17,19-20H2,1-2H3,(H,30,35)(H,31,37)/t29-/m0/s1. The SMILES string of the molecule is CCc1ccccc1NC(=O)CN1CCN(CN2C(=O)N[C@@](C)(c3ccc4ccccc4c3)C2=O)CC1. The van der Waals surface area contributed by atoms with Gasteiger partial charge < -0.3 is 10.6 Å². The number of para-hydroxylation sites is 1. The monoisotopic (exact) mass is 499 g/mol. The van der Waals surface area contributed by atoms with Gasteiger partial charge in [0.2, 0.25) is 5.91 Å². The molecule has 0 aliphatic carbocycles. The minimum atomic E-state index is -1.10. The molecule has 3 aromatic carbocycles. The van der Waals surface area contributed by atoms with E-state index in [-0.39, 0.29) is 24.5 Å². The highest BCUT2D eigenvalue weighted by molar-refractivity contribution is 6.07. The summed E-state index contributed by atoms with van der Waals surface area (Å²) in [5.41, 5.74) is 1.65. The van der Waals surface area contributed by atoms with Crippen LogP contribution in [0.3, 0.4) is 0 Å². The van der Waals surface area contributed by atoms with Gasteiger partial charge in [-0.15, -0.1) is 0 Å². The lowest BCUT2D eigenvalue weighted by atomic mass is 9.90. The van der Waals surface area contributed by atoms with Gasteiger partial charge in [0.25, 0.3) is 5.91 Å². The zero-order chi connectivity index (χ0) is 26.0. The molecule has 0 spiro atoms. The third-order valence-corrected chi connectivity index (χ3v) is 7.45. The summed E-state index contributed by atoms with van der Waals surface area (Å²) < 4.78 is 0. The zero-order valence-electron chi connectivity index (χ0n) is 21.4. The van der Waals surface area contributed by atoms with Gasteiger partial charge in [0.15, 0.2) is 0 Å². The predicted octanol–water partition coefficient (Wildman–Crippen LogP) is 3.38. The maximum Gasteiger partial charge on any atom is 0.326 e. The average Bonchev–Trinajstić information content (AvgIpc) is 3.13. The quantitative estimate of drug-likeness (QED) is 0.487. The molecule has 8 heteroatoms. The van der Waals surface area contributed by atoms with Crippen molar-refractivity contribution in [3.8, 4) is 0 Å². The van der Waals surface area contributed by atoms with Gasteiger partial charge in [0.05, 0.1) is 13.2 Å². The molecule has 0 unspecified atom stereocenters. The molecule has 5 rings (SSSR count). The van der Waals surface area contributed by atoms with E-state index in [9.17, 15) is 14.4 Å². The van der Waals surface area contributed by atoms with E-state index >= 15 is 0 Å². The van der Waals surface area contributed by atoms with Crippen LogP contribution in [-0.4, -0.2) is 71.9 Å². The number of carbonyl (C=O) groups is 3. The topological polar surface area (TPSA) is 85.0 Å². The summed E-state index contributed by atoms with van der Waals surface area (Å²) in [6, 6.07) is 21.3. The molecule has 2 aliphatic heterocycles. The maximum absolute atomic E-state index is 13.4. The summed E-state index contributed by atoms with van der Waals surface area (Å²) in [5.74, 6) is -0.279. The number of rotatable bonds is 7. The van der Waals surface area contributed by atoms with E-state index in [1.807, 2.05) is 66.7 Å². The van der Waals surface area contributed by atoms with Gasteiger partial charge >= 0.3 is 6.03 Å². The number of carbonyl (C=O) groups excluding carboxylic acids is 3. The summed E-state index contributed by atoms with van der Waals surface area (Å²) in [5, 5.41) is 8.06. The van der Waals surface area contributed by atoms with E-state index in [0.29, 0.717) is 32.7 Å². The van der Waals surface area contributed by atoms with Gasteiger partial charge in [-0.25, -0.2) is 9.69 Å². The first kappa shape index (κ1) is 24.9. The van der Waals surface area contributed by atoms with Crippen LogP contribution in [0.1, 0.15) is 25.0 Å². The predicted molar refractivity (Wildman–Crippen MR) is 144 cm³/mol. The number of urea groups is 1. The van der Waals surface area contributed by atoms with Crippen molar-refractivity contribution in [3.05, 3.63) is 77.9 Å². The maximum atomic E-state index is 13.4. The van der Waals surface area contributed by atoms with Gasteiger partial charge in [0.1, 0.15) is 5.54 Å². The Bertz CT molecular complexity index is 1330. The number of anilines is 1. The molecule has 4 amide bonds. The van der Waals surface area contributed by atoms with Crippen LogP contribution in [0.25, 0.3) is 10.8 Å². The first-order valence-electron chi connectivity index (χ1n) is 12.8. The molecule has 2 heterocycles. The number of benzene rings is 3. The fraction of sp³-hybridized carbons (Fsp3) is 0.345. The first-order chi connectivity index (χ1) is 17.9. The Hall–Kier alpha value is -3.75. The van der Waals surface area contributed by atoms with Crippen molar-refractivity contribution < 1.29 is 14.4 Å². The van der Waals surface area contributed by atoms with Gasteiger partial charge in [-0.1, -0.05) is 61.5 Å². The van der Waals surface area contributed by atoms with Crippen LogP contribution >= 0.6 is 0 Å². The number of hydrogen-bond donors (Lipinski definition) is 2. The Kier molecular flexibility index (Phi) is 6.95. The van der Waals surface area contributed by atoms with Crippen molar-refractivity contribution in [1.29, 1.82) is 0 Å². The number of fused-ring (bicyclic) bond motifs is 1. The van der Waals surface area contributed by atoms with E-state index < -0.39 is 5.54 Å². The molecule has 3 aromatic rings. The highest BCUT2D eigenvalue weighted by Gasteiger charge is 2.49. The number of nitrogens with one attached hydrogen (secondary N) is 2. The highest BCUT2D eigenvalue weighted by Crippen LogP contribution is 2.31. The molecule has 0 saturated carbocycles. The summed E-state index contributed by atoms with van der Waals surface area (Å²) in [7, 11) is 0. The second kappa shape index (κ2) is 10.3. The Balaban J connectivity index is 1.16. The molecule has 0 bridgehead atoms. The smallest absolute Gasteiger partial charge is 0.325 e. The average molecular weight is 500 g/mol. The second-order valence-electron chi connectivity index (χ2n) is 9.94. The number of imide groups is 1. The van der Waals surface area contributed by atoms with E-state index in [1.165, 1.54) is 4.90 Å². The summed E-state index contributed by atoms with van der Waals surface area (Å²) in [4.78, 5) is 44.4. The van der Waals surface area contributed by atoms with E-state index in [2.05, 4.69) is 27.4 Å². The molecule has 2 aliphatic rings. The fourth-order valence-electron chi connectivity index (χ4n) is 5.15. The molecule has 192 valence electrons. The van der Waals surface area contributed by atoms with E-state index in [1.54, 1.807) is 6.92 Å². The lowest BCUT2D eigenvalue weighted by Gasteiger charge is -2.35. The normalized spacial score (nSPS) is 20.9. The minimum Gasteiger partial charge on any atom is -0.325 e. The van der Waals surface area contributed by atoms with Crippen LogP contribution in [0.2, 0.25) is 0 Å². The molecule has 8 nitrogen and oxygen atoms in total. The number of hydrogen-bond acceptors (Lipinski definition) is 5. The largest absolute Gasteiger partial charge is 0.326 e. The lowest BCUT2D eigenvalue weighted by molar-refractivity contribution is -0.132. The van der Waals surface area contributed by atoms with Crippen LogP contribution in [0.5, 0.6) is 0 Å². The van der Waals surface area contributed by atoms with Crippen LogP contribution in [0, 0.1) is 0 Å². The molecule has 0 radical (unpaired) electrons. The Labute approximate surface area is 217 Å². The third kappa shape index (κ3) is 5.08. The van der Waals surface area contributed by atoms with Gasteiger partial charge in [-0.05, 0) is 47.4 Å². The van der Waals surface area contributed by atoms with E-state index in [0.717, 1.165) is 34.0 Å². The summed E-state index contributed by atoms with van der Waals surface area (Å²) in [6.45, 7) is 7.10. The molecular formula is C29H33N5O3. The van der Waals surface area contributed by atoms with Gasteiger partial charge in [-0.2, -0.15) is 0 Å². The molecule has 2 N–H and O–H groups in total. The number of amides is 4. The number of nitrogens with zero attached hydrogens (tertiary/aromatic N) is 3. The molecule has 0 aromatic heterocycles. The van der Waals surface area contributed by atoms with Gasteiger partial charge in [0, 0.05) is 31.9 Å². The number of piperazine rings is 1. The first-order valence-corrected chi connectivity index (χ1v) is 12.8. The molecule has 37 heavy (non-hydrogen) atoms. The third-order valence-electron chi connectivity index (χ3n) is 7.45. The van der Waals surface area contributed by atoms with Crippen molar-refractivity contribution in [2.75, 3.05) is 44.7 Å². The van der Waals surface area contributed by atoms with Crippen LogP contribution in [-0.2, 0) is 21.5 Å². The second-order valence-corrected chi connectivity index (χ2v) is 9.94. The summed E-state index contributed by atoms with van der Waals surface area (Å²) in [6.07, 6.45) is 0.859. The minimum absolute atomic E-state index is 0.0328. The lowest BCUT2D eigenvalue weighted by Crippen LogP contribution is -2.52. The van der Waals surface area contributed by atoms with Gasteiger partial charge in [-0.3, -0.25) is 19.4 Å². The molecule has 2 fully saturated rings. The van der Waals surface area contributed by atoms with Crippen molar-refractivity contribution in [2.45, 2.75) is 25.8 Å². The fourth-order valence-corrected chi connectivity index (χ4v) is 5.15. The molecular weight excluding hydrogens is 466 g/mol. The molecule has 1 atom stereocenters. The molecule has 2 saturated heterocycles. The van der Waals surface area contributed by atoms with Crippen LogP contribution < -0.4 is 10.6 Å². The summed E-state index contributed by atoms with van der Waals surface area (Å²) >= 11 is 0. The zero-order valence-corrected chi connectivity index (χ0v) is 21.4. The Morgan fingerprint density at radius 1 is 0.919 bits per heavy atom. The number of aryl methyl sites for hydroxylation is 1.